The van der Waals surface area contributed by atoms with Gasteiger partial charge in [-0.3, -0.25) is 4.79 Å². The van der Waals surface area contributed by atoms with Crippen LogP contribution in [0.25, 0.3) is 11.3 Å². The van der Waals surface area contributed by atoms with Crippen LogP contribution in [0.4, 0.5) is 4.79 Å². The van der Waals surface area contributed by atoms with E-state index >= 15 is 0 Å². The van der Waals surface area contributed by atoms with E-state index in [1.165, 1.54) is 48.8 Å². The molecule has 1 aliphatic carbocycles. The van der Waals surface area contributed by atoms with Crippen LogP contribution in [0, 0.1) is 12.8 Å². The third-order valence-corrected chi connectivity index (χ3v) is 8.61. The van der Waals surface area contributed by atoms with Crippen molar-refractivity contribution in [3.05, 3.63) is 46.6 Å². The van der Waals surface area contributed by atoms with E-state index < -0.39 is 5.60 Å². The minimum absolute atomic E-state index is 0.0102. The predicted octanol–water partition coefficient (Wildman–Crippen LogP) is 7.99. The molecule has 2 aromatic rings. The summed E-state index contributed by atoms with van der Waals surface area (Å²) in [6, 6.07) is 9.04. The van der Waals surface area contributed by atoms with Crippen LogP contribution >= 0.6 is 0 Å². The Morgan fingerprint density at radius 3 is 1.93 bits per heavy atom. The minimum Gasteiger partial charge on any atom is -0.444 e. The highest BCUT2D eigenvalue weighted by atomic mass is 16.6. The topological polar surface area (TPSA) is 63.6 Å². The van der Waals surface area contributed by atoms with Gasteiger partial charge in [-0.2, -0.15) is 0 Å². The van der Waals surface area contributed by atoms with E-state index in [-0.39, 0.29) is 28.9 Å². The maximum atomic E-state index is 13.7. The summed E-state index contributed by atoms with van der Waals surface area (Å²) in [4.78, 5) is 27.7. The Hall–Kier alpha value is -2.76. The molecule has 41 heavy (non-hydrogen) atoms. The number of nitrogens with one attached hydrogen (secondary N) is 1. The molecule has 1 aromatic heterocycles. The van der Waals surface area contributed by atoms with E-state index in [1.54, 1.807) is 4.90 Å². The molecule has 0 atom stereocenters. The first-order valence-corrected chi connectivity index (χ1v) is 15.6. The summed E-state index contributed by atoms with van der Waals surface area (Å²) in [5.41, 5.74) is 6.16. The molecule has 2 amide bonds. The molecule has 1 aliphatic heterocycles. The Labute approximate surface area is 248 Å². The summed E-state index contributed by atoms with van der Waals surface area (Å²) in [5, 5.41) is 3.19. The van der Waals surface area contributed by atoms with E-state index in [1.807, 2.05) is 20.8 Å². The number of rotatable bonds is 5. The lowest BCUT2D eigenvalue weighted by Gasteiger charge is -2.39. The summed E-state index contributed by atoms with van der Waals surface area (Å²) >= 11 is 0. The van der Waals surface area contributed by atoms with Gasteiger partial charge in [0.1, 0.15) is 5.60 Å². The van der Waals surface area contributed by atoms with Crippen LogP contribution in [-0.2, 0) is 22.1 Å². The van der Waals surface area contributed by atoms with E-state index in [0.29, 0.717) is 19.0 Å². The lowest BCUT2D eigenvalue weighted by atomic mass is 9.79. The van der Waals surface area contributed by atoms with Gasteiger partial charge in [-0.1, -0.05) is 66.9 Å². The van der Waals surface area contributed by atoms with Gasteiger partial charge in [-0.05, 0) is 92.2 Å². The standard InChI is InChI=1S/C35H53N3O3/c1-23-29(31(39)36-28-21-37(22-28)32(40)41-35(8,9)10)19-30(38(23)20-24-14-12-11-13-15-24)25-16-26(33(2,3)4)18-27(17-25)34(5,6)7/h16-19,24,28H,11-15,20-22H2,1-10H3,(H,36,39). The fourth-order valence-corrected chi connectivity index (χ4v) is 5.93. The second kappa shape index (κ2) is 11.5. The average molecular weight is 564 g/mol. The van der Waals surface area contributed by atoms with Crippen LogP contribution < -0.4 is 5.32 Å². The van der Waals surface area contributed by atoms with Crippen molar-refractivity contribution < 1.29 is 14.3 Å². The maximum absolute atomic E-state index is 13.7. The number of likely N-dealkylation sites (tertiary alicyclic amines) is 1. The fraction of sp³-hybridized carbons (Fsp3) is 0.657. The Morgan fingerprint density at radius 2 is 1.41 bits per heavy atom. The predicted molar refractivity (Wildman–Crippen MR) is 168 cm³/mol. The molecular weight excluding hydrogens is 510 g/mol. The molecule has 2 fully saturated rings. The van der Waals surface area contributed by atoms with Crippen molar-refractivity contribution in [1.82, 2.24) is 14.8 Å². The normalized spacial score (nSPS) is 17.4. The van der Waals surface area contributed by atoms with E-state index in [4.69, 9.17) is 4.74 Å². The number of hydrogen-bond acceptors (Lipinski definition) is 3. The second-order valence-electron chi connectivity index (χ2n) is 15.5. The van der Waals surface area contributed by atoms with Crippen LogP contribution in [0.1, 0.15) is 122 Å². The first-order valence-electron chi connectivity index (χ1n) is 15.6. The number of amides is 2. The van der Waals surface area contributed by atoms with Crippen molar-refractivity contribution in [2.75, 3.05) is 13.1 Å². The summed E-state index contributed by atoms with van der Waals surface area (Å²) in [6.45, 7) is 23.2. The van der Waals surface area contributed by atoms with Gasteiger partial charge < -0.3 is 19.5 Å². The number of carbonyl (C=O) groups excluding carboxylic acids is 2. The molecule has 0 spiro atoms. The van der Waals surface area contributed by atoms with Crippen LogP contribution in [-0.4, -0.2) is 46.2 Å². The molecule has 0 radical (unpaired) electrons. The van der Waals surface area contributed by atoms with Crippen molar-refractivity contribution in [2.45, 2.75) is 130 Å². The summed E-state index contributed by atoms with van der Waals surface area (Å²) in [6.07, 6.45) is 6.07. The molecular formula is C35H53N3O3. The Morgan fingerprint density at radius 1 is 0.854 bits per heavy atom. The highest BCUT2D eigenvalue weighted by molar-refractivity contribution is 5.97. The number of hydrogen-bond donors (Lipinski definition) is 1. The largest absolute Gasteiger partial charge is 0.444 e. The van der Waals surface area contributed by atoms with E-state index in [9.17, 15) is 9.59 Å². The molecule has 6 heteroatoms. The van der Waals surface area contributed by atoms with Crippen LogP contribution in [0.15, 0.2) is 24.3 Å². The van der Waals surface area contributed by atoms with Gasteiger partial charge in [0, 0.05) is 31.0 Å². The van der Waals surface area contributed by atoms with Gasteiger partial charge in [0.05, 0.1) is 11.6 Å². The zero-order valence-electron chi connectivity index (χ0n) is 27.2. The van der Waals surface area contributed by atoms with Crippen molar-refractivity contribution >= 4 is 12.0 Å². The Balaban J connectivity index is 1.65. The van der Waals surface area contributed by atoms with Crippen molar-refractivity contribution in [3.8, 4) is 11.3 Å². The maximum Gasteiger partial charge on any atom is 0.410 e. The lowest BCUT2D eigenvalue weighted by Crippen LogP contribution is -2.61. The van der Waals surface area contributed by atoms with Gasteiger partial charge in [-0.15, -0.1) is 0 Å². The molecule has 1 N–H and O–H groups in total. The second-order valence-corrected chi connectivity index (χ2v) is 15.5. The Bertz CT molecular complexity index is 1230. The molecule has 1 saturated heterocycles. The summed E-state index contributed by atoms with van der Waals surface area (Å²) < 4.78 is 7.89. The number of carbonyl (C=O) groups is 2. The summed E-state index contributed by atoms with van der Waals surface area (Å²) in [5.74, 6) is 0.564. The lowest BCUT2D eigenvalue weighted by molar-refractivity contribution is 0.00532. The SMILES string of the molecule is Cc1c(C(=O)NC2CN(C(=O)OC(C)(C)C)C2)cc(-c2cc(C(C)(C)C)cc(C(C)(C)C)c2)n1CC1CCCCC1. The number of benzene rings is 1. The quantitative estimate of drug-likeness (QED) is 0.401. The van der Waals surface area contributed by atoms with Gasteiger partial charge in [0.25, 0.3) is 5.91 Å². The smallest absolute Gasteiger partial charge is 0.410 e. The number of nitrogens with zero attached hydrogens (tertiary/aromatic N) is 2. The molecule has 226 valence electrons. The van der Waals surface area contributed by atoms with E-state index in [0.717, 1.165) is 23.5 Å². The highest BCUT2D eigenvalue weighted by Gasteiger charge is 2.35. The fourth-order valence-electron chi connectivity index (χ4n) is 5.93. The van der Waals surface area contributed by atoms with Crippen LogP contribution in [0.2, 0.25) is 0 Å². The van der Waals surface area contributed by atoms with Gasteiger partial charge in [-0.25, -0.2) is 4.79 Å². The third kappa shape index (κ3) is 7.55. The zero-order chi connectivity index (χ0) is 30.3. The summed E-state index contributed by atoms with van der Waals surface area (Å²) in [7, 11) is 0. The van der Waals surface area contributed by atoms with Gasteiger partial charge in [0.15, 0.2) is 0 Å². The molecule has 2 heterocycles. The first-order chi connectivity index (χ1) is 18.9. The molecule has 6 nitrogen and oxygen atoms in total. The zero-order valence-corrected chi connectivity index (χ0v) is 27.2. The van der Waals surface area contributed by atoms with Crippen LogP contribution in [0.3, 0.4) is 0 Å². The molecule has 1 saturated carbocycles. The molecule has 0 bridgehead atoms. The Kier molecular flexibility index (Phi) is 8.74. The van der Waals surface area contributed by atoms with Crippen molar-refractivity contribution in [2.24, 2.45) is 5.92 Å². The van der Waals surface area contributed by atoms with Crippen molar-refractivity contribution in [1.29, 1.82) is 0 Å². The van der Waals surface area contributed by atoms with Crippen LogP contribution in [0.5, 0.6) is 0 Å². The molecule has 1 aromatic carbocycles. The number of ether oxygens (including phenoxy) is 1. The molecule has 2 aliphatic rings. The average Bonchev–Trinajstić information content (AvgIpc) is 3.15. The van der Waals surface area contributed by atoms with E-state index in [2.05, 4.69) is 82.6 Å². The number of aromatic nitrogens is 1. The molecule has 0 unspecified atom stereocenters. The van der Waals surface area contributed by atoms with Gasteiger partial charge in [0.2, 0.25) is 0 Å². The molecule has 4 rings (SSSR count). The highest BCUT2D eigenvalue weighted by Crippen LogP contribution is 2.37. The third-order valence-electron chi connectivity index (χ3n) is 8.61. The minimum atomic E-state index is -0.530. The first kappa shape index (κ1) is 31.2. The van der Waals surface area contributed by atoms with Crippen molar-refractivity contribution in [3.63, 3.8) is 0 Å². The monoisotopic (exact) mass is 563 g/mol. The van der Waals surface area contributed by atoms with Gasteiger partial charge >= 0.3 is 6.09 Å².